The Bertz CT molecular complexity index is 1000. The molecule has 1 heterocycles. The Balaban J connectivity index is 1.98. The highest BCUT2D eigenvalue weighted by Crippen LogP contribution is 2.03. The first-order valence-corrected chi connectivity index (χ1v) is 13.6. The second-order valence-corrected chi connectivity index (χ2v) is 9.04. The summed E-state index contributed by atoms with van der Waals surface area (Å²) in [6.45, 7) is 2.71. The van der Waals surface area contributed by atoms with Crippen molar-refractivity contribution < 1.29 is 52.6 Å². The Kier molecular flexibility index (Phi) is 18.4. The lowest BCUT2D eigenvalue weighted by Gasteiger charge is -2.15. The molecule has 0 aromatic carbocycles. The molecule has 0 spiro atoms. The van der Waals surface area contributed by atoms with Gasteiger partial charge in [-0.3, -0.25) is 38.5 Å². The average molecular weight is 613 g/mol. The minimum Gasteiger partial charge on any atom is -0.379 e. The molecule has 0 aromatic rings. The largest absolute Gasteiger partial charge is 0.379 e. The molecule has 17 nitrogen and oxygen atoms in total. The maximum atomic E-state index is 12.1. The normalized spacial score (nSPS) is 13.7. The average Bonchev–Trinajstić information content (AvgIpc) is 3.30. The molecule has 43 heavy (non-hydrogen) atoms. The number of rotatable bonds is 23. The van der Waals surface area contributed by atoms with Gasteiger partial charge in [-0.15, -0.1) is 0 Å². The predicted molar refractivity (Wildman–Crippen MR) is 148 cm³/mol. The summed E-state index contributed by atoms with van der Waals surface area (Å²) in [5, 5.41) is 12.1. The fourth-order valence-electron chi connectivity index (χ4n) is 3.32. The van der Waals surface area contributed by atoms with Crippen LogP contribution in [-0.2, 0) is 52.6 Å². The van der Waals surface area contributed by atoms with E-state index < -0.39 is 54.1 Å². The van der Waals surface area contributed by atoms with Gasteiger partial charge in [0.25, 0.3) is 11.8 Å². The molecular weight excluding hydrogens is 572 g/mol. The first-order valence-electron chi connectivity index (χ1n) is 13.6. The van der Waals surface area contributed by atoms with Crippen LogP contribution in [-0.4, -0.2) is 131 Å². The summed E-state index contributed by atoms with van der Waals surface area (Å²) < 4.78 is 16.0. The van der Waals surface area contributed by atoms with Crippen LogP contribution in [0.25, 0.3) is 0 Å². The maximum absolute atomic E-state index is 12.1. The summed E-state index contributed by atoms with van der Waals surface area (Å²) in [6.07, 6.45) is 2.52. The van der Waals surface area contributed by atoms with Crippen molar-refractivity contribution in [3.63, 3.8) is 0 Å². The number of hydrogen-bond acceptors (Lipinski definition) is 11. The number of carbonyl (C=O) groups is 8. The molecule has 2 atom stereocenters. The molecular formula is C26H40N6O11. The topological polar surface area (TPSA) is 228 Å². The van der Waals surface area contributed by atoms with Gasteiger partial charge in [-0.1, -0.05) is 0 Å². The van der Waals surface area contributed by atoms with Crippen molar-refractivity contribution in [1.29, 1.82) is 0 Å². The lowest BCUT2D eigenvalue weighted by atomic mass is 10.2. The Morgan fingerprint density at radius 3 is 2.00 bits per heavy atom. The van der Waals surface area contributed by atoms with Gasteiger partial charge in [-0.2, -0.15) is 0 Å². The van der Waals surface area contributed by atoms with Crippen LogP contribution in [0.2, 0.25) is 0 Å². The molecule has 1 aliphatic rings. The minimum absolute atomic E-state index is 0.00498. The van der Waals surface area contributed by atoms with Crippen molar-refractivity contribution in [2.45, 2.75) is 38.3 Å². The Morgan fingerprint density at radius 2 is 1.40 bits per heavy atom. The molecule has 240 valence electrons. The first-order chi connectivity index (χ1) is 20.6. The highest BCUT2D eigenvalue weighted by atomic mass is 16.5. The quantitative estimate of drug-likeness (QED) is 0.0428. The molecule has 1 rings (SSSR count). The Morgan fingerprint density at radius 1 is 0.791 bits per heavy atom. The van der Waals surface area contributed by atoms with Crippen molar-refractivity contribution in [3.05, 3.63) is 12.2 Å². The van der Waals surface area contributed by atoms with Crippen molar-refractivity contribution in [1.82, 2.24) is 31.5 Å². The van der Waals surface area contributed by atoms with Crippen molar-refractivity contribution in [2.24, 2.45) is 0 Å². The minimum atomic E-state index is -1.02. The number of aldehydes is 1. The molecule has 17 heteroatoms. The van der Waals surface area contributed by atoms with E-state index in [1.54, 1.807) is 0 Å². The fourth-order valence-corrected chi connectivity index (χ4v) is 3.32. The monoisotopic (exact) mass is 612 g/mol. The lowest BCUT2D eigenvalue weighted by molar-refractivity contribution is -0.137. The van der Waals surface area contributed by atoms with Gasteiger partial charge in [0.2, 0.25) is 29.5 Å². The van der Waals surface area contributed by atoms with Gasteiger partial charge in [0.15, 0.2) is 0 Å². The van der Waals surface area contributed by atoms with Crippen LogP contribution in [0.3, 0.4) is 0 Å². The number of imide groups is 1. The molecule has 0 radical (unpaired) electrons. The molecule has 0 bridgehead atoms. The van der Waals surface area contributed by atoms with E-state index in [0.29, 0.717) is 12.9 Å². The van der Waals surface area contributed by atoms with E-state index in [4.69, 9.17) is 14.2 Å². The first kappa shape index (κ1) is 36.8. The van der Waals surface area contributed by atoms with Crippen LogP contribution in [0.5, 0.6) is 0 Å². The second kappa shape index (κ2) is 21.5. The maximum Gasteiger partial charge on any atom is 0.253 e. The Labute approximate surface area is 248 Å². The smallest absolute Gasteiger partial charge is 0.253 e. The molecule has 5 N–H and O–H groups in total. The summed E-state index contributed by atoms with van der Waals surface area (Å²) in [5.41, 5.74) is 0. The van der Waals surface area contributed by atoms with E-state index in [1.807, 2.05) is 0 Å². The lowest BCUT2D eigenvalue weighted by Crippen LogP contribution is -2.49. The summed E-state index contributed by atoms with van der Waals surface area (Å²) in [7, 11) is 1.40. The summed E-state index contributed by atoms with van der Waals surface area (Å²) >= 11 is 0. The molecule has 0 aromatic heterocycles. The third-order valence-corrected chi connectivity index (χ3v) is 5.64. The second-order valence-electron chi connectivity index (χ2n) is 9.04. The van der Waals surface area contributed by atoms with Crippen LogP contribution in [0.15, 0.2) is 12.2 Å². The molecule has 1 aliphatic heterocycles. The van der Waals surface area contributed by atoms with Crippen molar-refractivity contribution in [3.8, 4) is 0 Å². The highest BCUT2D eigenvalue weighted by Gasteiger charge is 2.23. The molecule has 2 unspecified atom stereocenters. The predicted octanol–water partition coefficient (Wildman–Crippen LogP) is -3.70. The molecule has 0 fully saturated rings. The molecule has 0 saturated heterocycles. The van der Waals surface area contributed by atoms with Crippen molar-refractivity contribution in [2.75, 3.05) is 66.3 Å². The number of nitrogens with one attached hydrogen (secondary N) is 5. The van der Waals surface area contributed by atoms with Crippen LogP contribution >= 0.6 is 0 Å². The highest BCUT2D eigenvalue weighted by molar-refractivity contribution is 6.13. The number of carbonyl (C=O) groups excluding carboxylic acids is 8. The fraction of sp³-hybridized carbons (Fsp3) is 0.615. The number of ether oxygens (including phenoxy) is 3. The third kappa shape index (κ3) is 16.7. The summed E-state index contributed by atoms with van der Waals surface area (Å²) in [4.78, 5) is 93.9. The van der Waals surface area contributed by atoms with Gasteiger partial charge in [-0.05, 0) is 6.92 Å². The van der Waals surface area contributed by atoms with Gasteiger partial charge < -0.3 is 45.6 Å². The van der Waals surface area contributed by atoms with E-state index >= 15 is 0 Å². The van der Waals surface area contributed by atoms with Gasteiger partial charge >= 0.3 is 0 Å². The van der Waals surface area contributed by atoms with E-state index in [1.165, 1.54) is 14.0 Å². The number of hydrogen-bond donors (Lipinski definition) is 5. The summed E-state index contributed by atoms with van der Waals surface area (Å²) in [6, 6.07) is -1.94. The van der Waals surface area contributed by atoms with Crippen LogP contribution in [0.4, 0.5) is 0 Å². The molecule has 7 amide bonds. The standard InChI is InChI=1S/C26H40N6O11/c1-18(26(40)29-16-23(37)31-19(17-33)15-22(36)27-2)30-21(35)6-9-41-11-13-43-14-12-42-10-7-28-20(34)5-8-32-24(38)3-4-25(32)39/h3-4,17-19H,5-16H2,1-2H3,(H,27,36)(H,28,34)(H,29,40)(H,30,35)(H,31,37). The van der Waals surface area contributed by atoms with Crippen LogP contribution in [0.1, 0.15) is 26.2 Å². The van der Waals surface area contributed by atoms with E-state index in [2.05, 4.69) is 26.6 Å². The van der Waals surface area contributed by atoms with E-state index in [9.17, 15) is 38.4 Å². The number of nitrogens with zero attached hydrogens (tertiary/aromatic N) is 1. The molecule has 0 aliphatic carbocycles. The van der Waals surface area contributed by atoms with Crippen LogP contribution in [0, 0.1) is 0 Å². The Hall–Kier alpha value is -4.22. The SMILES string of the molecule is CNC(=O)CC(C=O)NC(=O)CNC(=O)C(C)NC(=O)CCOCCOCCOCCNC(=O)CCN1C(=O)C=CC1=O. The third-order valence-electron chi connectivity index (χ3n) is 5.64. The van der Waals surface area contributed by atoms with E-state index in [-0.39, 0.29) is 71.3 Å². The van der Waals surface area contributed by atoms with Gasteiger partial charge in [0, 0.05) is 45.1 Å². The van der Waals surface area contributed by atoms with Crippen LogP contribution < -0.4 is 26.6 Å². The number of amides is 7. The zero-order valence-electron chi connectivity index (χ0n) is 24.3. The van der Waals surface area contributed by atoms with E-state index in [0.717, 1.165) is 17.1 Å². The van der Waals surface area contributed by atoms with Gasteiger partial charge in [0.05, 0.1) is 58.6 Å². The zero-order chi connectivity index (χ0) is 32.0. The van der Waals surface area contributed by atoms with Gasteiger partial charge in [-0.25, -0.2) is 0 Å². The zero-order valence-corrected chi connectivity index (χ0v) is 24.3. The van der Waals surface area contributed by atoms with Crippen molar-refractivity contribution >= 4 is 47.6 Å². The van der Waals surface area contributed by atoms with Gasteiger partial charge in [0.1, 0.15) is 12.3 Å². The summed E-state index contributed by atoms with van der Waals surface area (Å²) in [5.74, 6) is -3.30. The molecule has 0 saturated carbocycles.